The van der Waals surface area contributed by atoms with E-state index in [1.807, 2.05) is 26.2 Å². The highest BCUT2D eigenvalue weighted by Crippen LogP contribution is 2.32. The summed E-state index contributed by atoms with van der Waals surface area (Å²) in [5, 5.41) is 16.2. The van der Waals surface area contributed by atoms with E-state index in [-0.39, 0.29) is 12.0 Å². The Morgan fingerprint density at radius 1 is 1.38 bits per heavy atom. The van der Waals surface area contributed by atoms with Crippen LogP contribution in [0.15, 0.2) is 18.3 Å². The van der Waals surface area contributed by atoms with Crippen LogP contribution in [0.1, 0.15) is 29.9 Å². The van der Waals surface area contributed by atoms with Crippen LogP contribution in [0.3, 0.4) is 0 Å². The van der Waals surface area contributed by atoms with Crippen molar-refractivity contribution in [2.45, 2.75) is 25.9 Å². The van der Waals surface area contributed by atoms with Crippen LogP contribution in [0, 0.1) is 18.3 Å². The van der Waals surface area contributed by atoms with Gasteiger partial charge < -0.3 is 25.8 Å². The van der Waals surface area contributed by atoms with Crippen molar-refractivity contribution in [2.24, 2.45) is 7.05 Å². The van der Waals surface area contributed by atoms with Gasteiger partial charge >= 0.3 is 0 Å². The molecular weight excluding hydrogens is 366 g/mol. The smallest absolute Gasteiger partial charge is 0.222 e. The van der Waals surface area contributed by atoms with Gasteiger partial charge in [0.1, 0.15) is 17.5 Å². The van der Waals surface area contributed by atoms with Crippen LogP contribution < -0.4 is 21.3 Å². The quantitative estimate of drug-likeness (QED) is 0.601. The fourth-order valence-corrected chi connectivity index (χ4v) is 3.64. The van der Waals surface area contributed by atoms with Crippen LogP contribution in [0.25, 0.3) is 11.0 Å². The summed E-state index contributed by atoms with van der Waals surface area (Å²) in [7, 11) is 4.12. The van der Waals surface area contributed by atoms with E-state index < -0.39 is 0 Å². The second-order valence-corrected chi connectivity index (χ2v) is 7.52. The van der Waals surface area contributed by atoms with Gasteiger partial charge in [0.05, 0.1) is 40.2 Å². The molecule has 0 unspecified atom stereocenters. The molecule has 1 fully saturated rings. The summed E-state index contributed by atoms with van der Waals surface area (Å²) in [6, 6.07) is 6.59. The van der Waals surface area contributed by atoms with E-state index >= 15 is 0 Å². The lowest BCUT2D eigenvalue weighted by Gasteiger charge is -2.38. The first-order chi connectivity index (χ1) is 13.9. The van der Waals surface area contributed by atoms with Crippen LogP contribution in [-0.4, -0.2) is 45.7 Å². The second kappa shape index (κ2) is 7.22. The Bertz CT molecular complexity index is 1110. The van der Waals surface area contributed by atoms with Gasteiger partial charge in [0.15, 0.2) is 0 Å². The molecule has 1 aliphatic heterocycles. The maximum atomic E-state index is 9.53. The van der Waals surface area contributed by atoms with Gasteiger partial charge in [-0.1, -0.05) is 0 Å². The summed E-state index contributed by atoms with van der Waals surface area (Å²) in [6.07, 6.45) is 2.01. The van der Waals surface area contributed by atoms with Crippen molar-refractivity contribution < 1.29 is 0 Å². The summed E-state index contributed by atoms with van der Waals surface area (Å²) in [6.45, 7) is 5.66. The molecule has 1 atom stereocenters. The van der Waals surface area contributed by atoms with Crippen LogP contribution in [0.2, 0.25) is 0 Å². The van der Waals surface area contributed by atoms with Crippen molar-refractivity contribution in [1.82, 2.24) is 24.8 Å². The van der Waals surface area contributed by atoms with E-state index in [1.54, 1.807) is 6.92 Å². The molecule has 3 aromatic rings. The van der Waals surface area contributed by atoms with Crippen molar-refractivity contribution in [3.63, 3.8) is 0 Å². The van der Waals surface area contributed by atoms with E-state index in [1.165, 1.54) is 0 Å². The molecule has 0 bridgehead atoms. The molecule has 0 aromatic carbocycles. The number of nitrogens with zero attached hydrogens (tertiary/aromatic N) is 6. The lowest BCUT2D eigenvalue weighted by molar-refractivity contribution is 0.427. The van der Waals surface area contributed by atoms with Gasteiger partial charge in [0, 0.05) is 33.4 Å². The van der Waals surface area contributed by atoms with Gasteiger partial charge in [-0.25, -0.2) is 9.97 Å². The fraction of sp³-hybridized carbons (Fsp3) is 0.400. The van der Waals surface area contributed by atoms with Gasteiger partial charge in [-0.3, -0.25) is 0 Å². The van der Waals surface area contributed by atoms with Gasteiger partial charge in [-0.15, -0.1) is 0 Å². The zero-order valence-electron chi connectivity index (χ0n) is 17.1. The number of nitrogens with one attached hydrogen (secondary N) is 2. The molecule has 150 valence electrons. The van der Waals surface area contributed by atoms with E-state index in [0.29, 0.717) is 23.1 Å². The molecule has 3 aromatic heterocycles. The van der Waals surface area contributed by atoms with E-state index in [4.69, 9.17) is 10.7 Å². The SMILES string of the molecule is Cc1nc(N)nc(N[C@@H](C)c2nc3ccn(C)c3cc2N(C)C2CNC2)c1C#N. The third kappa shape index (κ3) is 3.32. The topological polar surface area (TPSA) is 121 Å². The Morgan fingerprint density at radius 3 is 2.79 bits per heavy atom. The van der Waals surface area contributed by atoms with Crippen LogP contribution in [-0.2, 0) is 7.05 Å². The molecular formula is C20H25N9. The number of nitriles is 1. The molecule has 0 radical (unpaired) electrons. The summed E-state index contributed by atoms with van der Waals surface area (Å²) in [5.74, 6) is 0.569. The normalized spacial score (nSPS) is 15.0. The highest BCUT2D eigenvalue weighted by Gasteiger charge is 2.27. The van der Waals surface area contributed by atoms with Crippen LogP contribution >= 0.6 is 0 Å². The van der Waals surface area contributed by atoms with Crippen molar-refractivity contribution in [1.29, 1.82) is 5.26 Å². The van der Waals surface area contributed by atoms with Crippen molar-refractivity contribution >= 4 is 28.5 Å². The largest absolute Gasteiger partial charge is 0.368 e. The average molecular weight is 391 g/mol. The highest BCUT2D eigenvalue weighted by atomic mass is 15.2. The van der Waals surface area contributed by atoms with Crippen LogP contribution in [0.4, 0.5) is 17.5 Å². The summed E-state index contributed by atoms with van der Waals surface area (Å²) < 4.78 is 2.07. The second-order valence-electron chi connectivity index (χ2n) is 7.52. The summed E-state index contributed by atoms with van der Waals surface area (Å²) in [4.78, 5) is 15.6. The Morgan fingerprint density at radius 2 is 2.14 bits per heavy atom. The maximum Gasteiger partial charge on any atom is 0.222 e. The van der Waals surface area contributed by atoms with Gasteiger partial charge in [0.25, 0.3) is 0 Å². The van der Waals surface area contributed by atoms with Gasteiger partial charge in [-0.2, -0.15) is 10.2 Å². The number of aryl methyl sites for hydroxylation is 2. The molecule has 1 aliphatic rings. The molecule has 4 N–H and O–H groups in total. The third-order valence-corrected chi connectivity index (χ3v) is 5.55. The molecule has 29 heavy (non-hydrogen) atoms. The zero-order chi connectivity index (χ0) is 20.7. The lowest BCUT2D eigenvalue weighted by Crippen LogP contribution is -2.56. The number of rotatable bonds is 5. The van der Waals surface area contributed by atoms with E-state index in [2.05, 4.69) is 49.3 Å². The summed E-state index contributed by atoms with van der Waals surface area (Å²) in [5.41, 5.74) is 10.7. The number of fused-ring (bicyclic) bond motifs is 1. The number of hydrogen-bond donors (Lipinski definition) is 3. The lowest BCUT2D eigenvalue weighted by atomic mass is 10.1. The number of nitrogen functional groups attached to an aromatic ring is 1. The molecule has 9 nitrogen and oxygen atoms in total. The van der Waals surface area contributed by atoms with E-state index in [9.17, 15) is 5.26 Å². The Labute approximate surface area is 169 Å². The number of nitrogens with two attached hydrogens (primary N) is 1. The summed E-state index contributed by atoms with van der Waals surface area (Å²) >= 11 is 0. The number of hydrogen-bond acceptors (Lipinski definition) is 8. The standard InChI is InChI=1S/C20H25N9/c1-11-14(8-21)19(27-20(22)25-11)24-12(2)18-17(29(4)13-9-23-10-13)7-16-15(26-18)5-6-28(16)3/h5-7,12-13,23H,9-10H2,1-4H3,(H3,22,24,25,27)/t12-/m0/s1. The molecule has 0 saturated carbocycles. The molecule has 9 heteroatoms. The third-order valence-electron chi connectivity index (χ3n) is 5.55. The molecule has 4 heterocycles. The van der Waals surface area contributed by atoms with Crippen molar-refractivity contribution in [3.8, 4) is 6.07 Å². The molecule has 1 saturated heterocycles. The molecule has 0 amide bonds. The minimum absolute atomic E-state index is 0.139. The number of likely N-dealkylation sites (N-methyl/N-ethyl adjacent to an activating group) is 1. The molecule has 0 aliphatic carbocycles. The van der Waals surface area contributed by atoms with Crippen LogP contribution in [0.5, 0.6) is 0 Å². The number of aromatic nitrogens is 4. The predicted molar refractivity (Wildman–Crippen MR) is 114 cm³/mol. The first-order valence-corrected chi connectivity index (χ1v) is 9.59. The Balaban J connectivity index is 1.77. The Hall–Kier alpha value is -3.38. The van der Waals surface area contributed by atoms with Crippen molar-refractivity contribution in [2.75, 3.05) is 36.1 Å². The minimum atomic E-state index is -0.189. The van der Waals surface area contributed by atoms with Gasteiger partial charge in [-0.05, 0) is 26.0 Å². The minimum Gasteiger partial charge on any atom is -0.368 e. The fourth-order valence-electron chi connectivity index (χ4n) is 3.64. The van der Waals surface area contributed by atoms with Gasteiger partial charge in [0.2, 0.25) is 5.95 Å². The average Bonchev–Trinajstić information content (AvgIpc) is 2.99. The first-order valence-electron chi connectivity index (χ1n) is 9.59. The zero-order valence-corrected chi connectivity index (χ0v) is 17.1. The molecule has 0 spiro atoms. The number of anilines is 3. The predicted octanol–water partition coefficient (Wildman–Crippen LogP) is 1.71. The van der Waals surface area contributed by atoms with E-state index in [0.717, 1.165) is 35.5 Å². The molecule has 4 rings (SSSR count). The maximum absolute atomic E-state index is 9.53. The Kier molecular flexibility index (Phi) is 4.72. The first kappa shape index (κ1) is 19.0. The van der Waals surface area contributed by atoms with Crippen molar-refractivity contribution in [3.05, 3.63) is 35.3 Å². The highest BCUT2D eigenvalue weighted by molar-refractivity contribution is 5.81. The number of pyridine rings is 1. The monoisotopic (exact) mass is 391 g/mol.